The molecule has 0 radical (unpaired) electrons. The van der Waals surface area contributed by atoms with Crippen molar-refractivity contribution in [1.29, 1.82) is 0 Å². The van der Waals surface area contributed by atoms with E-state index in [1.165, 1.54) is 0 Å². The van der Waals surface area contributed by atoms with Gasteiger partial charge in [-0.2, -0.15) is 0 Å². The van der Waals surface area contributed by atoms with Crippen LogP contribution in [0, 0.1) is 0 Å². The molecule has 134 valence electrons. The summed E-state index contributed by atoms with van der Waals surface area (Å²) >= 11 is 3.38. The van der Waals surface area contributed by atoms with Gasteiger partial charge in [-0.15, -0.1) is 0 Å². The van der Waals surface area contributed by atoms with Crippen LogP contribution < -0.4 is 4.74 Å². The summed E-state index contributed by atoms with van der Waals surface area (Å²) in [6.07, 6.45) is 0.0522. The number of rotatable bonds is 5. The van der Waals surface area contributed by atoms with Crippen molar-refractivity contribution in [1.82, 2.24) is 0 Å². The van der Waals surface area contributed by atoms with Gasteiger partial charge in [0.1, 0.15) is 23.4 Å². The number of benzene rings is 2. The predicted octanol–water partition coefficient (Wildman–Crippen LogP) is 4.36. The lowest BCUT2D eigenvalue weighted by Crippen LogP contribution is -2.17. The van der Waals surface area contributed by atoms with Crippen molar-refractivity contribution in [3.8, 4) is 5.75 Å². The molecule has 1 aliphatic heterocycles. The topological polar surface area (TPSA) is 55.9 Å². The van der Waals surface area contributed by atoms with Crippen molar-refractivity contribution in [2.45, 2.75) is 42.1 Å². The Bertz CT molecular complexity index is 881. The third-order valence-corrected chi connectivity index (χ3v) is 6.35. The van der Waals surface area contributed by atoms with Gasteiger partial charge >= 0.3 is 0 Å². The van der Waals surface area contributed by atoms with Gasteiger partial charge in [0.15, 0.2) is 0 Å². The highest BCUT2D eigenvalue weighted by Crippen LogP contribution is 2.37. The van der Waals surface area contributed by atoms with Gasteiger partial charge in [0, 0.05) is 4.47 Å². The minimum absolute atomic E-state index is 0.0522. The number of halogens is 1. The van der Waals surface area contributed by atoms with Crippen molar-refractivity contribution in [2.24, 2.45) is 0 Å². The number of ether oxygens (including phenoxy) is 2. The Balaban J connectivity index is 2.09. The Labute approximate surface area is 157 Å². The fourth-order valence-electron chi connectivity index (χ4n) is 2.60. The number of epoxide rings is 1. The van der Waals surface area contributed by atoms with Gasteiger partial charge in [0.05, 0.1) is 11.5 Å². The van der Waals surface area contributed by atoms with E-state index in [2.05, 4.69) is 15.9 Å². The number of sulfone groups is 1. The van der Waals surface area contributed by atoms with Crippen molar-refractivity contribution in [3.63, 3.8) is 0 Å². The first-order valence-corrected chi connectivity index (χ1v) is 10.4. The molecule has 0 bridgehead atoms. The SMILES string of the molecule is CC(C)(C)c1ccccc1S(=O)(=O)c1ccc(Br)cc1OCC1CO1. The van der Waals surface area contributed by atoms with E-state index in [1.807, 2.05) is 32.9 Å². The highest BCUT2D eigenvalue weighted by Gasteiger charge is 2.30. The van der Waals surface area contributed by atoms with Gasteiger partial charge < -0.3 is 9.47 Å². The standard InChI is InChI=1S/C19H21BrO4S/c1-19(2,3)15-6-4-5-7-17(15)25(21,22)18-9-8-13(20)10-16(18)24-12-14-11-23-14/h4-10,14H,11-12H2,1-3H3. The van der Waals surface area contributed by atoms with Crippen LogP contribution in [0.5, 0.6) is 5.75 Å². The number of hydrogen-bond donors (Lipinski definition) is 0. The summed E-state index contributed by atoms with van der Waals surface area (Å²) in [5.41, 5.74) is 0.497. The highest BCUT2D eigenvalue weighted by atomic mass is 79.9. The summed E-state index contributed by atoms with van der Waals surface area (Å²) < 4.78 is 38.4. The van der Waals surface area contributed by atoms with Crippen molar-refractivity contribution in [2.75, 3.05) is 13.2 Å². The fraction of sp³-hybridized carbons (Fsp3) is 0.368. The van der Waals surface area contributed by atoms with Crippen LogP contribution in [0.25, 0.3) is 0 Å². The second kappa shape index (κ2) is 6.74. The molecule has 0 N–H and O–H groups in total. The fourth-order valence-corrected chi connectivity index (χ4v) is 4.73. The second-order valence-corrected chi connectivity index (χ2v) is 9.91. The van der Waals surface area contributed by atoms with Gasteiger partial charge in [0.25, 0.3) is 0 Å². The van der Waals surface area contributed by atoms with Crippen LogP contribution in [0.15, 0.2) is 56.7 Å². The molecule has 1 saturated heterocycles. The van der Waals surface area contributed by atoms with Crippen molar-refractivity contribution in [3.05, 3.63) is 52.5 Å². The molecular formula is C19H21BrO4S. The van der Waals surface area contributed by atoms with E-state index < -0.39 is 9.84 Å². The van der Waals surface area contributed by atoms with Crippen LogP contribution in [-0.2, 0) is 20.0 Å². The normalized spacial score (nSPS) is 17.4. The van der Waals surface area contributed by atoms with Crippen LogP contribution in [-0.4, -0.2) is 27.7 Å². The van der Waals surface area contributed by atoms with E-state index in [9.17, 15) is 8.42 Å². The smallest absolute Gasteiger partial charge is 0.210 e. The molecule has 2 aromatic rings. The predicted molar refractivity (Wildman–Crippen MR) is 100.0 cm³/mol. The molecule has 0 aromatic heterocycles. The van der Waals surface area contributed by atoms with Gasteiger partial charge in [-0.1, -0.05) is 54.9 Å². The average molecular weight is 425 g/mol. The second-order valence-electron chi connectivity index (χ2n) is 7.11. The van der Waals surface area contributed by atoms with E-state index >= 15 is 0 Å². The highest BCUT2D eigenvalue weighted by molar-refractivity contribution is 9.10. The van der Waals surface area contributed by atoms with Crippen LogP contribution in [0.3, 0.4) is 0 Å². The minimum atomic E-state index is -3.71. The molecule has 4 nitrogen and oxygen atoms in total. The zero-order valence-corrected chi connectivity index (χ0v) is 16.9. The first-order chi connectivity index (χ1) is 11.7. The van der Waals surface area contributed by atoms with E-state index in [-0.39, 0.29) is 16.4 Å². The van der Waals surface area contributed by atoms with Crippen molar-refractivity contribution < 1.29 is 17.9 Å². The summed E-state index contributed by atoms with van der Waals surface area (Å²) in [5.74, 6) is 0.341. The molecule has 1 unspecified atom stereocenters. The molecule has 25 heavy (non-hydrogen) atoms. The molecule has 6 heteroatoms. The van der Waals surface area contributed by atoms with Gasteiger partial charge in [-0.05, 0) is 35.2 Å². The molecule has 1 aliphatic rings. The molecule has 2 aromatic carbocycles. The van der Waals surface area contributed by atoms with E-state index in [0.717, 1.165) is 10.0 Å². The summed E-state index contributed by atoms with van der Waals surface area (Å²) in [6.45, 7) is 7.02. The quantitative estimate of drug-likeness (QED) is 0.669. The first kappa shape index (κ1) is 18.4. The van der Waals surface area contributed by atoms with Crippen LogP contribution in [0.4, 0.5) is 0 Å². The molecule has 1 atom stereocenters. The summed E-state index contributed by atoms with van der Waals surface area (Å²) in [6, 6.07) is 12.1. The average Bonchev–Trinajstić information content (AvgIpc) is 3.36. The Hall–Kier alpha value is -1.37. The lowest BCUT2D eigenvalue weighted by Gasteiger charge is -2.23. The molecule has 3 rings (SSSR count). The van der Waals surface area contributed by atoms with Crippen LogP contribution >= 0.6 is 15.9 Å². The number of hydrogen-bond acceptors (Lipinski definition) is 4. The third kappa shape index (κ3) is 4.07. The maximum absolute atomic E-state index is 13.4. The molecule has 0 saturated carbocycles. The van der Waals surface area contributed by atoms with Gasteiger partial charge in [0.2, 0.25) is 9.84 Å². The monoisotopic (exact) mass is 424 g/mol. The lowest BCUT2D eigenvalue weighted by molar-refractivity contribution is 0.258. The van der Waals surface area contributed by atoms with E-state index in [0.29, 0.717) is 23.9 Å². The molecule has 0 amide bonds. The Kier molecular flexibility index (Phi) is 4.97. The zero-order valence-electron chi connectivity index (χ0n) is 14.5. The third-order valence-electron chi connectivity index (χ3n) is 4.01. The van der Waals surface area contributed by atoms with Crippen LogP contribution in [0.2, 0.25) is 0 Å². The lowest BCUT2D eigenvalue weighted by atomic mass is 9.87. The summed E-state index contributed by atoms with van der Waals surface area (Å²) in [4.78, 5) is 0.491. The van der Waals surface area contributed by atoms with Crippen LogP contribution in [0.1, 0.15) is 26.3 Å². The van der Waals surface area contributed by atoms with Crippen molar-refractivity contribution >= 4 is 25.8 Å². The summed E-state index contributed by atoms with van der Waals surface area (Å²) in [7, 11) is -3.71. The Morgan fingerprint density at radius 3 is 2.48 bits per heavy atom. The molecule has 1 fully saturated rings. The molecule has 1 heterocycles. The molecular weight excluding hydrogens is 404 g/mol. The Morgan fingerprint density at radius 1 is 1.16 bits per heavy atom. The molecule has 0 spiro atoms. The largest absolute Gasteiger partial charge is 0.489 e. The van der Waals surface area contributed by atoms with Gasteiger partial charge in [-0.25, -0.2) is 8.42 Å². The summed E-state index contributed by atoms with van der Waals surface area (Å²) in [5, 5.41) is 0. The van der Waals surface area contributed by atoms with E-state index in [4.69, 9.17) is 9.47 Å². The zero-order chi connectivity index (χ0) is 18.2. The maximum Gasteiger partial charge on any atom is 0.210 e. The molecule has 0 aliphatic carbocycles. The Morgan fingerprint density at radius 2 is 1.84 bits per heavy atom. The first-order valence-electron chi connectivity index (χ1n) is 8.08. The van der Waals surface area contributed by atoms with E-state index in [1.54, 1.807) is 30.3 Å². The minimum Gasteiger partial charge on any atom is -0.489 e. The van der Waals surface area contributed by atoms with Gasteiger partial charge in [-0.3, -0.25) is 0 Å². The maximum atomic E-state index is 13.4.